The summed E-state index contributed by atoms with van der Waals surface area (Å²) in [5.74, 6) is 1.49. The Morgan fingerprint density at radius 3 is 2.57 bits per heavy atom. The maximum atomic E-state index is 13.6. The van der Waals surface area contributed by atoms with Crippen LogP contribution < -0.4 is 10.6 Å². The third-order valence-corrected chi connectivity index (χ3v) is 6.61. The highest BCUT2D eigenvalue weighted by atomic mass is 35.5. The number of hydrogen-bond acceptors (Lipinski definition) is 7. The summed E-state index contributed by atoms with van der Waals surface area (Å²) in [4.78, 5) is 19.9. The summed E-state index contributed by atoms with van der Waals surface area (Å²) in [5.41, 5.74) is 7.88. The number of aliphatic imine (C=N–C) groups is 1. The fourth-order valence-electron chi connectivity index (χ4n) is 4.28. The Balaban J connectivity index is 1.56. The normalized spacial score (nSPS) is 19.1. The molecule has 4 rings (SSSR count). The monoisotopic (exact) mass is 494 g/mol. The van der Waals surface area contributed by atoms with E-state index in [4.69, 9.17) is 27.6 Å². The number of benzene rings is 1. The number of halogens is 2. The van der Waals surface area contributed by atoms with Gasteiger partial charge in [0.15, 0.2) is 0 Å². The van der Waals surface area contributed by atoms with Gasteiger partial charge in [-0.15, -0.1) is 0 Å². The Morgan fingerprint density at radius 1 is 1.26 bits per heavy atom. The molecule has 2 fully saturated rings. The Morgan fingerprint density at radius 2 is 1.97 bits per heavy atom. The number of aromatic nitrogens is 2. The van der Waals surface area contributed by atoms with Crippen molar-refractivity contribution in [2.24, 2.45) is 10.7 Å². The highest BCUT2D eigenvalue weighted by molar-refractivity contribution is 6.30. The Labute approximate surface area is 209 Å². The average molecular weight is 495 g/mol. The second-order valence-electron chi connectivity index (χ2n) is 8.66. The summed E-state index contributed by atoms with van der Waals surface area (Å²) >= 11 is 5.97. The molecule has 8 nitrogen and oxygen atoms in total. The van der Waals surface area contributed by atoms with Gasteiger partial charge in [-0.1, -0.05) is 18.2 Å². The van der Waals surface area contributed by atoms with Crippen LogP contribution in [0.3, 0.4) is 0 Å². The third kappa shape index (κ3) is 5.72. The van der Waals surface area contributed by atoms with Gasteiger partial charge >= 0.3 is 0 Å². The van der Waals surface area contributed by atoms with E-state index in [1.165, 1.54) is 24.5 Å². The van der Waals surface area contributed by atoms with Gasteiger partial charge in [0.1, 0.15) is 23.5 Å². The molecule has 0 radical (unpaired) electrons. The van der Waals surface area contributed by atoms with Gasteiger partial charge in [0.05, 0.1) is 23.0 Å². The lowest BCUT2D eigenvalue weighted by atomic mass is 10.1. The van der Waals surface area contributed by atoms with Crippen molar-refractivity contribution in [2.75, 3.05) is 37.6 Å². The van der Waals surface area contributed by atoms with Crippen LogP contribution in [0.4, 0.5) is 10.3 Å². The SMILES string of the molecule is C=C(N=C(/C=C(\N)c1ccc(F)c(Cl)c1)N1CCN(c2ncc(C#N)cn2)CC1)N1CCCC1C. The Kier molecular flexibility index (Phi) is 7.51. The molecule has 1 unspecified atom stereocenters. The van der Waals surface area contributed by atoms with E-state index in [0.717, 1.165) is 19.4 Å². The minimum absolute atomic E-state index is 0.0173. The molecule has 35 heavy (non-hydrogen) atoms. The van der Waals surface area contributed by atoms with Gasteiger partial charge in [0, 0.05) is 50.5 Å². The molecule has 2 N–H and O–H groups in total. The van der Waals surface area contributed by atoms with Crippen molar-refractivity contribution in [2.45, 2.75) is 25.8 Å². The first-order valence-corrected chi connectivity index (χ1v) is 11.9. The fourth-order valence-corrected chi connectivity index (χ4v) is 4.46. The number of rotatable bonds is 5. The van der Waals surface area contributed by atoms with Crippen LogP contribution in [0.15, 0.2) is 54.1 Å². The van der Waals surface area contributed by atoms with Gasteiger partial charge in [-0.3, -0.25) is 0 Å². The van der Waals surface area contributed by atoms with E-state index in [1.807, 2.05) is 6.07 Å². The van der Waals surface area contributed by atoms with Crippen molar-refractivity contribution in [3.63, 3.8) is 0 Å². The molecule has 0 saturated carbocycles. The zero-order valence-corrected chi connectivity index (χ0v) is 20.4. The molecule has 2 aliphatic heterocycles. The van der Waals surface area contributed by atoms with Gasteiger partial charge in [0.25, 0.3) is 0 Å². The van der Waals surface area contributed by atoms with Crippen LogP contribution in [-0.2, 0) is 0 Å². The van der Waals surface area contributed by atoms with Crippen molar-refractivity contribution in [1.82, 2.24) is 19.8 Å². The highest BCUT2D eigenvalue weighted by Gasteiger charge is 2.24. The van der Waals surface area contributed by atoms with Crippen molar-refractivity contribution in [3.05, 3.63) is 71.0 Å². The Bertz CT molecular complexity index is 1180. The number of nitriles is 1. The fraction of sp³-hybridized carbons (Fsp3) is 0.360. The van der Waals surface area contributed by atoms with E-state index in [2.05, 4.69) is 38.2 Å². The zero-order chi connectivity index (χ0) is 24.9. The topological polar surface area (TPSA) is 97.7 Å². The van der Waals surface area contributed by atoms with Crippen molar-refractivity contribution in [3.8, 4) is 6.07 Å². The number of piperazine rings is 1. The van der Waals surface area contributed by atoms with Crippen LogP contribution in [0.2, 0.25) is 5.02 Å². The van der Waals surface area contributed by atoms with E-state index in [1.54, 1.807) is 12.1 Å². The summed E-state index contributed by atoms with van der Waals surface area (Å²) in [6.07, 6.45) is 7.07. The minimum atomic E-state index is -0.491. The van der Waals surface area contributed by atoms with Crippen LogP contribution in [-0.4, -0.2) is 64.4 Å². The number of nitrogens with zero attached hydrogens (tertiary/aromatic N) is 7. The molecule has 1 atom stereocenters. The van der Waals surface area contributed by atoms with Crippen LogP contribution >= 0.6 is 11.6 Å². The number of likely N-dealkylation sites (tertiary alicyclic amines) is 1. The molecule has 0 amide bonds. The molecule has 1 aromatic heterocycles. The molecule has 1 aromatic carbocycles. The standard InChI is InChI=1S/C25H28ClFN8/c1-17-4-3-7-35(17)18(2)32-24(13-23(29)20-5-6-22(27)21(26)12-20)33-8-10-34(11-9-33)25-30-15-19(14-28)16-31-25/h5-6,12-13,15-17H,2-4,7-11,29H2,1H3/b23-13-,32-24?. The molecular weight excluding hydrogens is 467 g/mol. The quantitative estimate of drug-likeness (QED) is 0.500. The summed E-state index contributed by atoms with van der Waals surface area (Å²) in [5, 5.41) is 8.99. The van der Waals surface area contributed by atoms with E-state index in [9.17, 15) is 4.39 Å². The first-order valence-electron chi connectivity index (χ1n) is 11.5. The van der Waals surface area contributed by atoms with E-state index in [-0.39, 0.29) is 5.02 Å². The predicted octanol–water partition coefficient (Wildman–Crippen LogP) is 3.62. The second-order valence-corrected chi connectivity index (χ2v) is 9.06. The lowest BCUT2D eigenvalue weighted by Crippen LogP contribution is -2.49. The third-order valence-electron chi connectivity index (χ3n) is 6.32. The molecule has 2 aliphatic rings. The van der Waals surface area contributed by atoms with Gasteiger partial charge in [-0.05, 0) is 43.5 Å². The number of amidine groups is 1. The van der Waals surface area contributed by atoms with Crippen molar-refractivity contribution in [1.29, 1.82) is 5.26 Å². The maximum absolute atomic E-state index is 13.6. The predicted molar refractivity (Wildman–Crippen MR) is 136 cm³/mol. The van der Waals surface area contributed by atoms with Gasteiger partial charge in [0.2, 0.25) is 5.95 Å². The minimum Gasteiger partial charge on any atom is -0.398 e. The molecule has 0 bridgehead atoms. The molecule has 2 aromatic rings. The summed E-state index contributed by atoms with van der Waals surface area (Å²) in [7, 11) is 0. The molecule has 0 aliphatic carbocycles. The molecule has 10 heteroatoms. The molecule has 2 saturated heterocycles. The summed E-state index contributed by atoms with van der Waals surface area (Å²) in [6.45, 7) is 10.00. The summed E-state index contributed by atoms with van der Waals surface area (Å²) in [6, 6.07) is 6.83. The first kappa shape index (κ1) is 24.5. The number of hydrogen-bond donors (Lipinski definition) is 1. The van der Waals surface area contributed by atoms with Crippen molar-refractivity contribution >= 4 is 29.1 Å². The van der Waals surface area contributed by atoms with Gasteiger partial charge in [-0.25, -0.2) is 19.4 Å². The van der Waals surface area contributed by atoms with Crippen LogP contribution in [0, 0.1) is 17.1 Å². The van der Waals surface area contributed by atoms with Crippen LogP contribution in [0.1, 0.15) is 30.9 Å². The molecule has 182 valence electrons. The average Bonchev–Trinajstić information content (AvgIpc) is 3.31. The molecular formula is C25H28ClFN8. The number of anilines is 1. The lowest BCUT2D eigenvalue weighted by molar-refractivity contribution is 0.334. The van der Waals surface area contributed by atoms with Crippen LogP contribution in [0.25, 0.3) is 5.70 Å². The summed E-state index contributed by atoms with van der Waals surface area (Å²) < 4.78 is 13.6. The van der Waals surface area contributed by atoms with Gasteiger partial charge in [-0.2, -0.15) is 5.26 Å². The van der Waals surface area contributed by atoms with E-state index >= 15 is 0 Å². The maximum Gasteiger partial charge on any atom is 0.225 e. The molecule has 0 spiro atoms. The molecule has 3 heterocycles. The largest absolute Gasteiger partial charge is 0.398 e. The number of nitrogens with two attached hydrogens (primary N) is 1. The zero-order valence-electron chi connectivity index (χ0n) is 19.7. The lowest BCUT2D eigenvalue weighted by Gasteiger charge is -2.36. The Hall–Kier alpha value is -3.64. The van der Waals surface area contributed by atoms with Crippen LogP contribution in [0.5, 0.6) is 0 Å². The second kappa shape index (κ2) is 10.7. The smallest absolute Gasteiger partial charge is 0.225 e. The van der Waals surface area contributed by atoms with E-state index in [0.29, 0.717) is 66.6 Å². The van der Waals surface area contributed by atoms with Crippen molar-refractivity contribution < 1.29 is 4.39 Å². The van der Waals surface area contributed by atoms with E-state index < -0.39 is 5.82 Å². The van der Waals surface area contributed by atoms with Gasteiger partial charge < -0.3 is 20.4 Å². The first-order chi connectivity index (χ1) is 16.9. The highest BCUT2D eigenvalue weighted by Crippen LogP contribution is 2.23.